The lowest BCUT2D eigenvalue weighted by molar-refractivity contribution is 0.0941. The highest BCUT2D eigenvalue weighted by Crippen LogP contribution is 2.30. The number of aromatic nitrogens is 2. The number of H-pyrrole nitrogens is 1. The van der Waals surface area contributed by atoms with Crippen molar-refractivity contribution in [2.24, 2.45) is 0 Å². The first-order chi connectivity index (χ1) is 11.6. The minimum absolute atomic E-state index is 0.0611. The summed E-state index contributed by atoms with van der Waals surface area (Å²) in [7, 11) is 0. The van der Waals surface area contributed by atoms with Crippen LogP contribution in [0.4, 0.5) is 4.39 Å². The Morgan fingerprint density at radius 2 is 2.00 bits per heavy atom. The predicted molar refractivity (Wildman–Crippen MR) is 90.2 cm³/mol. The van der Waals surface area contributed by atoms with E-state index < -0.39 is 0 Å². The highest BCUT2D eigenvalue weighted by Gasteiger charge is 2.25. The maximum atomic E-state index is 14.0. The second-order valence-electron chi connectivity index (χ2n) is 6.03. The summed E-state index contributed by atoms with van der Waals surface area (Å²) in [5.41, 5.74) is 4.35. The molecule has 0 bridgehead atoms. The average Bonchev–Trinajstić information content (AvgIpc) is 3.06. The van der Waals surface area contributed by atoms with Crippen LogP contribution in [0.25, 0.3) is 22.5 Å². The van der Waals surface area contributed by atoms with Crippen LogP contribution in [0.2, 0.25) is 0 Å². The van der Waals surface area contributed by atoms with Crippen LogP contribution in [0.1, 0.15) is 28.9 Å². The summed E-state index contributed by atoms with van der Waals surface area (Å²) >= 11 is 0. The number of benzene rings is 1. The van der Waals surface area contributed by atoms with E-state index in [4.69, 9.17) is 0 Å². The fourth-order valence-electron chi connectivity index (χ4n) is 3.06. The second kappa shape index (κ2) is 5.60. The summed E-state index contributed by atoms with van der Waals surface area (Å²) in [6.07, 6.45) is 1.65. The van der Waals surface area contributed by atoms with Gasteiger partial charge < -0.3 is 10.3 Å². The summed E-state index contributed by atoms with van der Waals surface area (Å²) in [6.45, 7) is 2.69. The molecule has 5 heteroatoms. The zero-order valence-electron chi connectivity index (χ0n) is 13.1. The van der Waals surface area contributed by atoms with E-state index >= 15 is 0 Å². The third-order valence-corrected chi connectivity index (χ3v) is 4.38. The fourth-order valence-corrected chi connectivity index (χ4v) is 3.06. The maximum Gasteiger partial charge on any atom is 0.253 e. The van der Waals surface area contributed by atoms with E-state index in [2.05, 4.69) is 22.2 Å². The molecule has 0 radical (unpaired) electrons. The Kier molecular flexibility index (Phi) is 3.41. The van der Waals surface area contributed by atoms with E-state index in [1.807, 2.05) is 18.2 Å². The van der Waals surface area contributed by atoms with Gasteiger partial charge in [-0.2, -0.15) is 0 Å². The standard InChI is InChI=1S/C19H16FN3O/c1-11-10-22-19(24)14-9-16(23-18(11)14)12-6-7-21-17(8-12)13-4-2-3-5-15(13)20/h2-9,11,23H,10H2,1H3,(H,22,24). The van der Waals surface area contributed by atoms with Gasteiger partial charge in [-0.05, 0) is 30.3 Å². The fraction of sp³-hybridized carbons (Fsp3) is 0.158. The van der Waals surface area contributed by atoms with Gasteiger partial charge in [-0.1, -0.05) is 19.1 Å². The van der Waals surface area contributed by atoms with Crippen LogP contribution in [0, 0.1) is 5.82 Å². The van der Waals surface area contributed by atoms with Gasteiger partial charge >= 0.3 is 0 Å². The summed E-state index contributed by atoms with van der Waals surface area (Å²) in [5, 5.41) is 2.88. The normalized spacial score (nSPS) is 16.6. The van der Waals surface area contributed by atoms with Crippen LogP contribution < -0.4 is 5.32 Å². The molecule has 24 heavy (non-hydrogen) atoms. The van der Waals surface area contributed by atoms with Crippen LogP contribution in [0.5, 0.6) is 0 Å². The van der Waals surface area contributed by atoms with E-state index in [1.165, 1.54) is 6.07 Å². The van der Waals surface area contributed by atoms with Gasteiger partial charge in [-0.25, -0.2) is 4.39 Å². The maximum absolute atomic E-state index is 14.0. The molecule has 2 N–H and O–H groups in total. The molecule has 4 nitrogen and oxygen atoms in total. The third-order valence-electron chi connectivity index (χ3n) is 4.38. The monoisotopic (exact) mass is 321 g/mol. The summed E-state index contributed by atoms with van der Waals surface area (Å²) in [5.74, 6) is -0.130. The first-order valence-electron chi connectivity index (χ1n) is 7.86. The highest BCUT2D eigenvalue weighted by atomic mass is 19.1. The number of fused-ring (bicyclic) bond motifs is 1. The SMILES string of the molecule is CC1CNC(=O)c2cc(-c3ccnc(-c4ccccc4F)c3)[nH]c21. The van der Waals surface area contributed by atoms with Crippen molar-refractivity contribution in [3.63, 3.8) is 0 Å². The van der Waals surface area contributed by atoms with Gasteiger partial charge in [0, 0.05) is 41.2 Å². The van der Waals surface area contributed by atoms with Gasteiger partial charge in [0.05, 0.1) is 11.3 Å². The Bertz CT molecular complexity index is 932. The van der Waals surface area contributed by atoms with Crippen LogP contribution in [-0.4, -0.2) is 22.4 Å². The first kappa shape index (κ1) is 14.6. The van der Waals surface area contributed by atoms with Crippen molar-refractivity contribution in [3.05, 3.63) is 65.7 Å². The number of halogens is 1. The van der Waals surface area contributed by atoms with Crippen molar-refractivity contribution in [2.75, 3.05) is 6.54 Å². The molecule has 0 saturated heterocycles. The molecule has 1 aromatic carbocycles. The number of carbonyl (C=O) groups excluding carboxylic acids is 1. The quantitative estimate of drug-likeness (QED) is 0.755. The molecule has 1 amide bonds. The number of carbonyl (C=O) groups is 1. The molecule has 1 aliphatic rings. The Hall–Kier alpha value is -2.95. The number of aromatic amines is 1. The Morgan fingerprint density at radius 3 is 2.79 bits per heavy atom. The molecule has 0 saturated carbocycles. The van der Waals surface area contributed by atoms with E-state index in [9.17, 15) is 9.18 Å². The molecule has 1 unspecified atom stereocenters. The average molecular weight is 321 g/mol. The van der Waals surface area contributed by atoms with Crippen LogP contribution in [0.15, 0.2) is 48.7 Å². The largest absolute Gasteiger partial charge is 0.357 e. The second-order valence-corrected chi connectivity index (χ2v) is 6.03. The number of hydrogen-bond donors (Lipinski definition) is 2. The number of hydrogen-bond acceptors (Lipinski definition) is 2. The number of amides is 1. The molecule has 0 aliphatic carbocycles. The lowest BCUT2D eigenvalue weighted by atomic mass is 9.99. The summed E-state index contributed by atoms with van der Waals surface area (Å²) in [4.78, 5) is 19.6. The lowest BCUT2D eigenvalue weighted by Gasteiger charge is -2.18. The van der Waals surface area contributed by atoms with Crippen molar-refractivity contribution in [3.8, 4) is 22.5 Å². The summed E-state index contributed by atoms with van der Waals surface area (Å²) < 4.78 is 14.0. The zero-order valence-corrected chi connectivity index (χ0v) is 13.1. The van der Waals surface area contributed by atoms with Crippen LogP contribution >= 0.6 is 0 Å². The van der Waals surface area contributed by atoms with Crippen molar-refractivity contribution in [1.29, 1.82) is 0 Å². The van der Waals surface area contributed by atoms with Gasteiger partial charge in [-0.3, -0.25) is 9.78 Å². The number of nitrogens with one attached hydrogen (secondary N) is 2. The Labute approximate surface area is 138 Å². The van der Waals surface area contributed by atoms with Crippen molar-refractivity contribution in [2.45, 2.75) is 12.8 Å². The highest BCUT2D eigenvalue weighted by molar-refractivity contribution is 5.98. The molecule has 4 rings (SSSR count). The minimum Gasteiger partial charge on any atom is -0.357 e. The molecule has 0 fully saturated rings. The molecular weight excluding hydrogens is 305 g/mol. The molecule has 3 heterocycles. The minimum atomic E-state index is -0.305. The van der Waals surface area contributed by atoms with Gasteiger partial charge in [0.1, 0.15) is 5.82 Å². The zero-order chi connectivity index (χ0) is 16.7. The third kappa shape index (κ3) is 2.38. The van der Waals surface area contributed by atoms with E-state index in [0.717, 1.165) is 17.0 Å². The smallest absolute Gasteiger partial charge is 0.253 e. The molecule has 2 aromatic heterocycles. The molecule has 120 valence electrons. The Balaban J connectivity index is 1.79. The molecular formula is C19H16FN3O. The van der Waals surface area contributed by atoms with E-state index in [0.29, 0.717) is 23.4 Å². The van der Waals surface area contributed by atoms with Crippen molar-refractivity contribution >= 4 is 5.91 Å². The Morgan fingerprint density at radius 1 is 1.17 bits per heavy atom. The predicted octanol–water partition coefficient (Wildman–Crippen LogP) is 3.73. The van der Waals surface area contributed by atoms with Crippen molar-refractivity contribution in [1.82, 2.24) is 15.3 Å². The van der Waals surface area contributed by atoms with Gasteiger partial charge in [0.25, 0.3) is 5.91 Å². The first-order valence-corrected chi connectivity index (χ1v) is 7.86. The topological polar surface area (TPSA) is 57.8 Å². The van der Waals surface area contributed by atoms with Crippen LogP contribution in [-0.2, 0) is 0 Å². The number of pyridine rings is 1. The number of rotatable bonds is 2. The summed E-state index contributed by atoms with van der Waals surface area (Å²) in [6, 6.07) is 12.1. The van der Waals surface area contributed by atoms with Crippen molar-refractivity contribution < 1.29 is 9.18 Å². The molecule has 3 aromatic rings. The van der Waals surface area contributed by atoms with E-state index in [-0.39, 0.29) is 17.6 Å². The van der Waals surface area contributed by atoms with Gasteiger partial charge in [-0.15, -0.1) is 0 Å². The van der Waals surface area contributed by atoms with Gasteiger partial charge in [0.2, 0.25) is 0 Å². The van der Waals surface area contributed by atoms with Gasteiger partial charge in [0.15, 0.2) is 0 Å². The molecule has 0 spiro atoms. The van der Waals surface area contributed by atoms with Crippen LogP contribution in [0.3, 0.4) is 0 Å². The number of nitrogens with zero attached hydrogens (tertiary/aromatic N) is 1. The van der Waals surface area contributed by atoms with E-state index in [1.54, 1.807) is 24.4 Å². The molecule has 1 aliphatic heterocycles. The lowest BCUT2D eigenvalue weighted by Crippen LogP contribution is -2.33. The molecule has 1 atom stereocenters.